The summed E-state index contributed by atoms with van der Waals surface area (Å²) in [6.07, 6.45) is 6.49. The third-order valence-electron chi connectivity index (χ3n) is 3.97. The number of aryl methyl sites for hydroxylation is 2. The molecule has 1 aromatic carbocycles. The van der Waals surface area contributed by atoms with Crippen LogP contribution in [-0.2, 0) is 6.42 Å². The van der Waals surface area contributed by atoms with Gasteiger partial charge in [0.15, 0.2) is 0 Å². The maximum atomic E-state index is 6.33. The first kappa shape index (κ1) is 11.7. The topological polar surface area (TPSA) is 26.0 Å². The molecule has 1 aliphatic rings. The SMILES string of the molecule is Cc1ccc(C)c(CC(N)C2CCCC2)c1. The van der Waals surface area contributed by atoms with Crippen molar-refractivity contribution in [2.45, 2.75) is 52.0 Å². The van der Waals surface area contributed by atoms with Gasteiger partial charge in [0, 0.05) is 6.04 Å². The molecule has 0 amide bonds. The van der Waals surface area contributed by atoms with Gasteiger partial charge in [0.1, 0.15) is 0 Å². The average Bonchev–Trinajstić information content (AvgIpc) is 2.76. The molecule has 0 heterocycles. The van der Waals surface area contributed by atoms with Gasteiger partial charge in [-0.3, -0.25) is 0 Å². The minimum atomic E-state index is 0.364. The van der Waals surface area contributed by atoms with Gasteiger partial charge in [0.25, 0.3) is 0 Å². The smallest absolute Gasteiger partial charge is 0.0108 e. The molecule has 0 aliphatic heterocycles. The lowest BCUT2D eigenvalue weighted by atomic mass is 9.91. The number of rotatable bonds is 3. The Balaban J connectivity index is 2.04. The van der Waals surface area contributed by atoms with Gasteiger partial charge in [-0.2, -0.15) is 0 Å². The molecule has 1 nitrogen and oxygen atoms in total. The van der Waals surface area contributed by atoms with Gasteiger partial charge in [-0.15, -0.1) is 0 Å². The van der Waals surface area contributed by atoms with Crippen LogP contribution in [-0.4, -0.2) is 6.04 Å². The monoisotopic (exact) mass is 217 g/mol. The number of nitrogens with two attached hydrogens (primary N) is 1. The molecule has 1 saturated carbocycles. The fourth-order valence-electron chi connectivity index (χ4n) is 2.83. The Labute approximate surface area is 99.0 Å². The van der Waals surface area contributed by atoms with Gasteiger partial charge in [0.2, 0.25) is 0 Å². The number of hydrogen-bond acceptors (Lipinski definition) is 1. The Morgan fingerprint density at radius 3 is 2.62 bits per heavy atom. The first-order chi connectivity index (χ1) is 7.66. The Kier molecular flexibility index (Phi) is 3.65. The Morgan fingerprint density at radius 1 is 1.25 bits per heavy atom. The van der Waals surface area contributed by atoms with E-state index in [9.17, 15) is 0 Å². The summed E-state index contributed by atoms with van der Waals surface area (Å²) in [4.78, 5) is 0. The van der Waals surface area contributed by atoms with E-state index in [-0.39, 0.29) is 0 Å². The summed E-state index contributed by atoms with van der Waals surface area (Å²) in [6.45, 7) is 4.35. The maximum absolute atomic E-state index is 6.33. The molecule has 2 N–H and O–H groups in total. The molecular weight excluding hydrogens is 194 g/mol. The van der Waals surface area contributed by atoms with Crippen molar-refractivity contribution in [1.82, 2.24) is 0 Å². The van der Waals surface area contributed by atoms with E-state index in [1.165, 1.54) is 42.4 Å². The molecule has 2 rings (SSSR count). The molecule has 1 aliphatic carbocycles. The minimum Gasteiger partial charge on any atom is -0.327 e. The van der Waals surface area contributed by atoms with Crippen molar-refractivity contribution in [2.75, 3.05) is 0 Å². The second-order valence-corrected chi connectivity index (χ2v) is 5.34. The highest BCUT2D eigenvalue weighted by Crippen LogP contribution is 2.28. The highest BCUT2D eigenvalue weighted by molar-refractivity contribution is 5.31. The van der Waals surface area contributed by atoms with Crippen LogP contribution in [0, 0.1) is 19.8 Å². The summed E-state index contributed by atoms with van der Waals surface area (Å²) in [6, 6.07) is 7.05. The zero-order valence-electron chi connectivity index (χ0n) is 10.5. The van der Waals surface area contributed by atoms with E-state index >= 15 is 0 Å². The van der Waals surface area contributed by atoms with Crippen LogP contribution in [0.15, 0.2) is 18.2 Å². The van der Waals surface area contributed by atoms with Gasteiger partial charge >= 0.3 is 0 Å². The maximum Gasteiger partial charge on any atom is 0.0108 e. The molecule has 1 unspecified atom stereocenters. The van der Waals surface area contributed by atoms with E-state index in [2.05, 4.69) is 32.0 Å². The Bertz CT molecular complexity index is 350. The largest absolute Gasteiger partial charge is 0.327 e. The molecule has 1 heteroatoms. The fourth-order valence-corrected chi connectivity index (χ4v) is 2.83. The summed E-state index contributed by atoms with van der Waals surface area (Å²) >= 11 is 0. The molecule has 1 aromatic rings. The lowest BCUT2D eigenvalue weighted by molar-refractivity contribution is 0.428. The van der Waals surface area contributed by atoms with Crippen LogP contribution in [0.2, 0.25) is 0 Å². The van der Waals surface area contributed by atoms with E-state index in [4.69, 9.17) is 5.73 Å². The molecular formula is C15H23N. The van der Waals surface area contributed by atoms with Crippen molar-refractivity contribution in [2.24, 2.45) is 11.7 Å². The van der Waals surface area contributed by atoms with Crippen molar-refractivity contribution in [1.29, 1.82) is 0 Å². The van der Waals surface area contributed by atoms with Crippen LogP contribution in [0.5, 0.6) is 0 Å². The zero-order valence-corrected chi connectivity index (χ0v) is 10.5. The first-order valence-corrected chi connectivity index (χ1v) is 6.48. The molecule has 0 bridgehead atoms. The van der Waals surface area contributed by atoms with E-state index < -0.39 is 0 Å². The minimum absolute atomic E-state index is 0.364. The molecule has 1 atom stereocenters. The first-order valence-electron chi connectivity index (χ1n) is 6.48. The fraction of sp³-hybridized carbons (Fsp3) is 0.600. The normalized spacial score (nSPS) is 18.9. The summed E-state index contributed by atoms with van der Waals surface area (Å²) in [5, 5.41) is 0. The summed E-state index contributed by atoms with van der Waals surface area (Å²) < 4.78 is 0. The van der Waals surface area contributed by atoms with Gasteiger partial charge < -0.3 is 5.73 Å². The summed E-state index contributed by atoms with van der Waals surface area (Å²) in [5.41, 5.74) is 10.5. The standard InChI is InChI=1S/C15H23N/c1-11-7-8-12(2)14(9-11)10-15(16)13-5-3-4-6-13/h7-9,13,15H,3-6,10,16H2,1-2H3. The summed E-state index contributed by atoms with van der Waals surface area (Å²) in [7, 11) is 0. The third kappa shape index (κ3) is 2.65. The predicted octanol–water partition coefficient (Wildman–Crippen LogP) is 3.36. The van der Waals surface area contributed by atoms with E-state index in [0.29, 0.717) is 6.04 Å². The molecule has 0 radical (unpaired) electrons. The van der Waals surface area contributed by atoms with E-state index in [1.807, 2.05) is 0 Å². The van der Waals surface area contributed by atoms with E-state index in [1.54, 1.807) is 0 Å². The van der Waals surface area contributed by atoms with Crippen LogP contribution < -0.4 is 5.73 Å². The molecule has 0 aromatic heterocycles. The quantitative estimate of drug-likeness (QED) is 0.825. The second-order valence-electron chi connectivity index (χ2n) is 5.34. The highest BCUT2D eigenvalue weighted by Gasteiger charge is 2.22. The molecule has 88 valence electrons. The molecule has 0 saturated heterocycles. The van der Waals surface area contributed by atoms with Crippen LogP contribution in [0.4, 0.5) is 0 Å². The zero-order chi connectivity index (χ0) is 11.5. The van der Waals surface area contributed by atoms with Crippen LogP contribution in [0.25, 0.3) is 0 Å². The van der Waals surface area contributed by atoms with Crippen molar-refractivity contribution in [3.63, 3.8) is 0 Å². The lowest BCUT2D eigenvalue weighted by Gasteiger charge is -2.20. The van der Waals surface area contributed by atoms with Crippen LogP contribution >= 0.6 is 0 Å². The van der Waals surface area contributed by atoms with E-state index in [0.717, 1.165) is 12.3 Å². The van der Waals surface area contributed by atoms with Crippen molar-refractivity contribution in [3.05, 3.63) is 34.9 Å². The predicted molar refractivity (Wildman–Crippen MR) is 69.6 cm³/mol. The third-order valence-corrected chi connectivity index (χ3v) is 3.97. The lowest BCUT2D eigenvalue weighted by Crippen LogP contribution is -2.30. The van der Waals surface area contributed by atoms with Crippen molar-refractivity contribution in [3.8, 4) is 0 Å². The Hall–Kier alpha value is -0.820. The average molecular weight is 217 g/mol. The van der Waals surface area contributed by atoms with Gasteiger partial charge in [0.05, 0.1) is 0 Å². The highest BCUT2D eigenvalue weighted by atomic mass is 14.7. The van der Waals surface area contributed by atoms with Gasteiger partial charge in [-0.25, -0.2) is 0 Å². The van der Waals surface area contributed by atoms with Crippen LogP contribution in [0.3, 0.4) is 0 Å². The van der Waals surface area contributed by atoms with Gasteiger partial charge in [-0.05, 0) is 50.2 Å². The van der Waals surface area contributed by atoms with Gasteiger partial charge in [-0.1, -0.05) is 36.6 Å². The van der Waals surface area contributed by atoms with Crippen molar-refractivity contribution < 1.29 is 0 Å². The second kappa shape index (κ2) is 5.01. The van der Waals surface area contributed by atoms with Crippen LogP contribution in [0.1, 0.15) is 42.4 Å². The number of benzene rings is 1. The molecule has 0 spiro atoms. The molecule has 16 heavy (non-hydrogen) atoms. The van der Waals surface area contributed by atoms with Crippen molar-refractivity contribution >= 4 is 0 Å². The summed E-state index contributed by atoms with van der Waals surface area (Å²) in [5.74, 6) is 0.764. The molecule has 1 fully saturated rings. The number of hydrogen-bond donors (Lipinski definition) is 1. The Morgan fingerprint density at radius 2 is 1.94 bits per heavy atom.